The molecule has 3 rings (SSSR count). The summed E-state index contributed by atoms with van der Waals surface area (Å²) in [5.74, 6) is 0.807. The molecule has 28 heavy (non-hydrogen) atoms. The first kappa shape index (κ1) is 19.9. The highest BCUT2D eigenvalue weighted by atomic mass is 32.2. The summed E-state index contributed by atoms with van der Waals surface area (Å²) >= 11 is 0. The van der Waals surface area contributed by atoms with E-state index in [2.05, 4.69) is 27.2 Å². The molecule has 0 saturated heterocycles. The minimum Gasteiger partial charge on any atom is -0.370 e. The van der Waals surface area contributed by atoms with Crippen LogP contribution in [0.2, 0.25) is 0 Å². The quantitative estimate of drug-likeness (QED) is 0.542. The summed E-state index contributed by atoms with van der Waals surface area (Å²) in [7, 11) is -3.38. The Hall–Kier alpha value is -2.86. The number of aromatic nitrogens is 1. The van der Waals surface area contributed by atoms with Crippen molar-refractivity contribution in [2.75, 3.05) is 22.3 Å². The first-order valence-electron chi connectivity index (χ1n) is 9.39. The minimum absolute atomic E-state index is 0.0823. The summed E-state index contributed by atoms with van der Waals surface area (Å²) < 4.78 is 27.1. The topological polar surface area (TPSA) is 71.1 Å². The highest BCUT2D eigenvalue weighted by Crippen LogP contribution is 2.13. The third kappa shape index (κ3) is 6.70. The Morgan fingerprint density at radius 1 is 0.786 bits per heavy atom. The van der Waals surface area contributed by atoms with Gasteiger partial charge in [0.05, 0.1) is 17.6 Å². The van der Waals surface area contributed by atoms with E-state index in [1.165, 1.54) is 5.56 Å². The lowest BCUT2D eigenvalue weighted by molar-refractivity contribution is 0.598. The van der Waals surface area contributed by atoms with Gasteiger partial charge in [-0.2, -0.15) is 0 Å². The number of nitrogens with zero attached hydrogens (tertiary/aromatic N) is 1. The molecule has 0 amide bonds. The minimum atomic E-state index is -3.38. The fraction of sp³-hybridized carbons (Fsp3) is 0.227. The van der Waals surface area contributed by atoms with Crippen molar-refractivity contribution < 1.29 is 8.42 Å². The van der Waals surface area contributed by atoms with Crippen LogP contribution in [0.1, 0.15) is 17.5 Å². The number of hydrogen-bond acceptors (Lipinski definition) is 4. The van der Waals surface area contributed by atoms with Gasteiger partial charge >= 0.3 is 0 Å². The SMILES string of the molecule is O=S(=O)(CCCc1ccccc1)Nc1ccc(NCCc2ccccc2)nc1. The summed E-state index contributed by atoms with van der Waals surface area (Å²) in [4.78, 5) is 4.28. The Labute approximate surface area is 166 Å². The van der Waals surface area contributed by atoms with Gasteiger partial charge in [-0.25, -0.2) is 13.4 Å². The van der Waals surface area contributed by atoms with Crippen molar-refractivity contribution in [2.24, 2.45) is 0 Å². The number of rotatable bonds is 10. The maximum Gasteiger partial charge on any atom is 0.232 e. The lowest BCUT2D eigenvalue weighted by atomic mass is 10.1. The molecule has 1 heterocycles. The smallest absolute Gasteiger partial charge is 0.232 e. The molecule has 0 unspecified atom stereocenters. The molecule has 3 aromatic rings. The number of benzene rings is 2. The molecule has 0 aliphatic carbocycles. The van der Waals surface area contributed by atoms with Crippen molar-refractivity contribution in [1.82, 2.24) is 4.98 Å². The second-order valence-electron chi connectivity index (χ2n) is 6.60. The third-order valence-electron chi connectivity index (χ3n) is 4.32. The van der Waals surface area contributed by atoms with Gasteiger partial charge in [-0.1, -0.05) is 60.7 Å². The normalized spacial score (nSPS) is 11.1. The van der Waals surface area contributed by atoms with Crippen LogP contribution in [0.25, 0.3) is 0 Å². The fourth-order valence-electron chi connectivity index (χ4n) is 2.88. The van der Waals surface area contributed by atoms with E-state index in [1.807, 2.05) is 48.5 Å². The van der Waals surface area contributed by atoms with Crippen molar-refractivity contribution in [1.29, 1.82) is 0 Å². The highest BCUT2D eigenvalue weighted by molar-refractivity contribution is 7.92. The first-order chi connectivity index (χ1) is 13.6. The second-order valence-corrected chi connectivity index (χ2v) is 8.45. The summed E-state index contributed by atoms with van der Waals surface area (Å²) in [5, 5.41) is 3.25. The molecule has 0 bridgehead atoms. The molecular weight excluding hydrogens is 370 g/mol. The fourth-order valence-corrected chi connectivity index (χ4v) is 3.99. The van der Waals surface area contributed by atoms with E-state index in [4.69, 9.17) is 0 Å². The van der Waals surface area contributed by atoms with Crippen LogP contribution >= 0.6 is 0 Å². The lowest BCUT2D eigenvalue weighted by Crippen LogP contribution is -2.17. The van der Waals surface area contributed by atoms with Crippen LogP contribution in [-0.2, 0) is 22.9 Å². The van der Waals surface area contributed by atoms with Gasteiger partial charge in [0.15, 0.2) is 0 Å². The van der Waals surface area contributed by atoms with Crippen LogP contribution < -0.4 is 10.0 Å². The number of anilines is 2. The van der Waals surface area contributed by atoms with Gasteiger partial charge in [0, 0.05) is 6.54 Å². The number of sulfonamides is 1. The van der Waals surface area contributed by atoms with E-state index < -0.39 is 10.0 Å². The Morgan fingerprint density at radius 3 is 2.04 bits per heavy atom. The maximum absolute atomic E-state index is 12.2. The van der Waals surface area contributed by atoms with Gasteiger partial charge in [0.25, 0.3) is 0 Å². The molecular formula is C22H25N3O2S. The predicted octanol–water partition coefficient (Wildman–Crippen LogP) is 4.11. The van der Waals surface area contributed by atoms with Crippen LogP contribution in [0, 0.1) is 0 Å². The van der Waals surface area contributed by atoms with Crippen molar-refractivity contribution in [3.8, 4) is 0 Å². The zero-order valence-electron chi connectivity index (χ0n) is 15.7. The van der Waals surface area contributed by atoms with Crippen molar-refractivity contribution in [2.45, 2.75) is 19.3 Å². The van der Waals surface area contributed by atoms with Gasteiger partial charge in [0.2, 0.25) is 10.0 Å². The molecule has 1 aromatic heterocycles. The lowest BCUT2D eigenvalue weighted by Gasteiger charge is -2.09. The molecule has 0 aliphatic rings. The van der Waals surface area contributed by atoms with E-state index in [0.717, 1.165) is 30.8 Å². The van der Waals surface area contributed by atoms with Gasteiger partial charge in [0.1, 0.15) is 5.82 Å². The van der Waals surface area contributed by atoms with E-state index in [1.54, 1.807) is 18.3 Å². The second kappa shape index (κ2) is 9.90. The van der Waals surface area contributed by atoms with Gasteiger partial charge in [-0.05, 0) is 42.5 Å². The highest BCUT2D eigenvalue weighted by Gasteiger charge is 2.10. The average molecular weight is 396 g/mol. The Bertz CT molecular complexity index is 944. The molecule has 0 saturated carbocycles. The van der Waals surface area contributed by atoms with Crippen LogP contribution in [0.3, 0.4) is 0 Å². The number of aryl methyl sites for hydroxylation is 1. The first-order valence-corrected chi connectivity index (χ1v) is 11.0. The van der Waals surface area contributed by atoms with Crippen molar-refractivity contribution in [3.05, 3.63) is 90.1 Å². The average Bonchev–Trinajstić information content (AvgIpc) is 2.71. The summed E-state index contributed by atoms with van der Waals surface area (Å²) in [6.45, 7) is 0.765. The van der Waals surface area contributed by atoms with Gasteiger partial charge < -0.3 is 5.32 Å². The molecule has 5 nitrogen and oxygen atoms in total. The molecule has 2 N–H and O–H groups in total. The van der Waals surface area contributed by atoms with Crippen LogP contribution in [-0.4, -0.2) is 25.7 Å². The van der Waals surface area contributed by atoms with Crippen LogP contribution in [0.5, 0.6) is 0 Å². The van der Waals surface area contributed by atoms with Crippen molar-refractivity contribution in [3.63, 3.8) is 0 Å². The van der Waals surface area contributed by atoms with Crippen LogP contribution in [0.15, 0.2) is 79.0 Å². The molecule has 6 heteroatoms. The van der Waals surface area contributed by atoms with Gasteiger partial charge in [-0.15, -0.1) is 0 Å². The maximum atomic E-state index is 12.2. The van der Waals surface area contributed by atoms with E-state index >= 15 is 0 Å². The molecule has 0 aliphatic heterocycles. The van der Waals surface area contributed by atoms with Gasteiger partial charge in [-0.3, -0.25) is 4.72 Å². The van der Waals surface area contributed by atoms with Crippen LogP contribution in [0.4, 0.5) is 11.5 Å². The molecule has 146 valence electrons. The summed E-state index contributed by atoms with van der Waals surface area (Å²) in [6.07, 6.45) is 3.76. The number of hydrogen-bond donors (Lipinski definition) is 2. The zero-order chi connectivity index (χ0) is 19.7. The molecule has 0 radical (unpaired) electrons. The molecule has 0 fully saturated rings. The Kier molecular flexibility index (Phi) is 7.03. The largest absolute Gasteiger partial charge is 0.370 e. The summed E-state index contributed by atoms with van der Waals surface area (Å²) in [6, 6.07) is 23.6. The molecule has 2 aromatic carbocycles. The predicted molar refractivity (Wildman–Crippen MR) is 115 cm³/mol. The number of nitrogens with one attached hydrogen (secondary N) is 2. The summed E-state index contributed by atoms with van der Waals surface area (Å²) in [5.41, 5.74) is 2.88. The monoisotopic (exact) mass is 395 g/mol. The Balaban J connectivity index is 1.43. The van der Waals surface area contributed by atoms with E-state index in [-0.39, 0.29) is 5.75 Å². The number of pyridine rings is 1. The molecule has 0 spiro atoms. The molecule has 0 atom stereocenters. The Morgan fingerprint density at radius 2 is 1.43 bits per heavy atom. The standard InChI is InChI=1S/C22H25N3O2S/c26-28(27,17-7-12-19-8-3-1-4-9-19)25-21-13-14-22(24-18-21)23-16-15-20-10-5-2-6-11-20/h1-6,8-11,13-14,18,25H,7,12,15-17H2,(H,23,24). The van der Waals surface area contributed by atoms with E-state index in [0.29, 0.717) is 12.1 Å². The third-order valence-corrected chi connectivity index (χ3v) is 5.69. The van der Waals surface area contributed by atoms with Crippen molar-refractivity contribution >= 4 is 21.5 Å². The van der Waals surface area contributed by atoms with E-state index in [9.17, 15) is 8.42 Å². The zero-order valence-corrected chi connectivity index (χ0v) is 16.5.